The van der Waals surface area contributed by atoms with E-state index in [0.29, 0.717) is 5.02 Å². The van der Waals surface area contributed by atoms with Crippen LogP contribution in [0.5, 0.6) is 5.88 Å². The van der Waals surface area contributed by atoms with Crippen LogP contribution in [0.1, 0.15) is 0 Å². The smallest absolute Gasteiger partial charge is 0.305 e. The number of benzene rings is 1. The number of nitrogens with zero attached hydrogens (tertiary/aromatic N) is 2. The van der Waals surface area contributed by atoms with E-state index in [1.807, 2.05) is 40.9 Å². The Hall–Kier alpha value is -1.65. The number of para-hydroxylation sites is 1. The van der Waals surface area contributed by atoms with Crippen molar-refractivity contribution in [3.05, 3.63) is 47.7 Å². The van der Waals surface area contributed by atoms with Crippen LogP contribution in [0.25, 0.3) is 11.3 Å². The van der Waals surface area contributed by atoms with Crippen molar-refractivity contribution in [1.82, 2.24) is 4.57 Å². The molecule has 1 aliphatic heterocycles. The molecule has 1 aromatic carbocycles. The van der Waals surface area contributed by atoms with Crippen LogP contribution in [-0.4, -0.2) is 4.57 Å². The summed E-state index contributed by atoms with van der Waals surface area (Å²) in [4.78, 5) is 2.07. The van der Waals surface area contributed by atoms with Gasteiger partial charge in [0, 0.05) is 0 Å². The van der Waals surface area contributed by atoms with Crippen LogP contribution in [0.3, 0.4) is 0 Å². The standard InChI is InChI=1S/C13H7ClN2OS/c14-8-3-1-4-9-12(8)16-11(17)7-15-6-2-5-10(18-9)13(15)16/h1-7H. The summed E-state index contributed by atoms with van der Waals surface area (Å²) < 4.78 is 3.53. The number of imidazole rings is 1. The molecule has 0 atom stereocenters. The molecule has 3 heterocycles. The average molecular weight is 275 g/mol. The zero-order chi connectivity index (χ0) is 12.3. The highest BCUT2D eigenvalue weighted by Crippen LogP contribution is 2.43. The van der Waals surface area contributed by atoms with Crippen molar-refractivity contribution in [2.75, 3.05) is 0 Å². The first kappa shape index (κ1) is 10.3. The molecule has 1 aliphatic rings. The van der Waals surface area contributed by atoms with Gasteiger partial charge in [0.1, 0.15) is 17.0 Å². The number of pyridine rings is 1. The van der Waals surface area contributed by atoms with Crippen molar-refractivity contribution in [3.8, 4) is 11.6 Å². The fourth-order valence-corrected chi connectivity index (χ4v) is 3.75. The lowest BCUT2D eigenvalue weighted by molar-refractivity contribution is -0.515. The second kappa shape index (κ2) is 3.43. The maximum absolute atomic E-state index is 12.1. The average Bonchev–Trinajstić information content (AvgIpc) is 2.69. The van der Waals surface area contributed by atoms with Crippen LogP contribution in [-0.2, 0) is 0 Å². The van der Waals surface area contributed by atoms with Gasteiger partial charge in [-0.05, 0) is 24.3 Å². The molecule has 5 heteroatoms. The summed E-state index contributed by atoms with van der Waals surface area (Å²) in [6.07, 6.45) is 3.46. The minimum Gasteiger partial charge on any atom is -0.839 e. The van der Waals surface area contributed by atoms with Crippen molar-refractivity contribution in [2.24, 2.45) is 0 Å². The molecule has 3 aromatic rings. The fraction of sp³-hybridized carbons (Fsp3) is 0. The molecule has 0 aliphatic carbocycles. The van der Waals surface area contributed by atoms with Crippen LogP contribution in [0.4, 0.5) is 0 Å². The van der Waals surface area contributed by atoms with Crippen LogP contribution in [0.15, 0.2) is 52.5 Å². The number of hydrogen-bond acceptors (Lipinski definition) is 2. The minimum atomic E-state index is -0.0582. The summed E-state index contributed by atoms with van der Waals surface area (Å²) in [5, 5.41) is 12.7. The predicted molar refractivity (Wildman–Crippen MR) is 67.5 cm³/mol. The van der Waals surface area contributed by atoms with E-state index >= 15 is 0 Å². The Morgan fingerprint density at radius 2 is 2.00 bits per heavy atom. The number of halogens is 1. The molecule has 18 heavy (non-hydrogen) atoms. The van der Waals surface area contributed by atoms with Gasteiger partial charge < -0.3 is 5.11 Å². The first-order valence-electron chi connectivity index (χ1n) is 5.45. The first-order chi connectivity index (χ1) is 8.75. The summed E-state index contributed by atoms with van der Waals surface area (Å²) in [6.45, 7) is 0. The van der Waals surface area contributed by atoms with Crippen molar-refractivity contribution in [2.45, 2.75) is 9.79 Å². The van der Waals surface area contributed by atoms with Gasteiger partial charge in [0.2, 0.25) is 0 Å². The molecule has 0 spiro atoms. The number of fused-ring (bicyclic) bond motifs is 2. The molecule has 4 rings (SSSR count). The van der Waals surface area contributed by atoms with Crippen LogP contribution < -0.4 is 9.51 Å². The fourth-order valence-electron chi connectivity index (χ4n) is 2.32. The number of aromatic nitrogens is 2. The minimum absolute atomic E-state index is 0.0582. The lowest BCUT2D eigenvalue weighted by atomic mass is 10.3. The van der Waals surface area contributed by atoms with Gasteiger partial charge in [0.25, 0.3) is 0 Å². The lowest BCUT2D eigenvalue weighted by Crippen LogP contribution is -2.20. The topological polar surface area (TPSA) is 32.1 Å². The molecule has 0 unspecified atom stereocenters. The quantitative estimate of drug-likeness (QED) is 0.461. The second-order valence-corrected chi connectivity index (χ2v) is 5.59. The molecule has 3 nitrogen and oxygen atoms in total. The summed E-state index contributed by atoms with van der Waals surface area (Å²) in [6, 6.07) is 9.65. The largest absolute Gasteiger partial charge is 0.839 e. The van der Waals surface area contributed by atoms with E-state index in [2.05, 4.69) is 0 Å². The molecular weight excluding hydrogens is 268 g/mol. The molecule has 0 fully saturated rings. The van der Waals surface area contributed by atoms with E-state index in [9.17, 15) is 5.11 Å². The summed E-state index contributed by atoms with van der Waals surface area (Å²) in [7, 11) is 0. The van der Waals surface area contributed by atoms with Crippen molar-refractivity contribution in [3.63, 3.8) is 0 Å². The molecule has 2 aromatic heterocycles. The van der Waals surface area contributed by atoms with Crippen molar-refractivity contribution >= 4 is 29.0 Å². The third-order valence-corrected chi connectivity index (χ3v) is 4.43. The summed E-state index contributed by atoms with van der Waals surface area (Å²) in [5.74, 6) is -0.0582. The van der Waals surface area contributed by atoms with Gasteiger partial charge in [0.15, 0.2) is 5.69 Å². The Bertz CT molecular complexity index is 797. The summed E-state index contributed by atoms with van der Waals surface area (Å²) in [5.41, 5.74) is 1.67. The SMILES string of the molecule is [O-]c1c[n+]2cccc3c2n1-c1c(Cl)cccc1S3. The molecule has 0 N–H and O–H groups in total. The third-order valence-electron chi connectivity index (χ3n) is 3.03. The lowest BCUT2D eigenvalue weighted by Gasteiger charge is -2.16. The van der Waals surface area contributed by atoms with E-state index in [4.69, 9.17) is 11.6 Å². The Kier molecular flexibility index (Phi) is 1.96. The Morgan fingerprint density at radius 3 is 2.89 bits per heavy atom. The molecule has 0 radical (unpaired) electrons. The van der Waals surface area contributed by atoms with E-state index in [-0.39, 0.29) is 5.88 Å². The van der Waals surface area contributed by atoms with E-state index in [1.165, 1.54) is 0 Å². The van der Waals surface area contributed by atoms with Gasteiger partial charge in [-0.15, -0.1) is 0 Å². The Morgan fingerprint density at radius 1 is 1.17 bits per heavy atom. The second-order valence-electron chi connectivity index (χ2n) is 4.09. The number of hydrogen-bond donors (Lipinski definition) is 0. The Labute approximate surface area is 112 Å². The van der Waals surface area contributed by atoms with Crippen molar-refractivity contribution < 1.29 is 9.51 Å². The highest BCUT2D eigenvalue weighted by atomic mass is 35.5. The molecule has 0 bridgehead atoms. The molecule has 88 valence electrons. The first-order valence-corrected chi connectivity index (χ1v) is 6.64. The van der Waals surface area contributed by atoms with Gasteiger partial charge in [-0.25, -0.2) is 4.40 Å². The monoisotopic (exact) mass is 274 g/mol. The maximum Gasteiger partial charge on any atom is 0.305 e. The maximum atomic E-state index is 12.1. The Balaban J connectivity index is 2.24. The van der Waals surface area contributed by atoms with Crippen molar-refractivity contribution in [1.29, 1.82) is 0 Å². The van der Waals surface area contributed by atoms with Gasteiger partial charge in [-0.3, -0.25) is 0 Å². The van der Waals surface area contributed by atoms with Gasteiger partial charge >= 0.3 is 5.65 Å². The molecule has 0 amide bonds. The van der Waals surface area contributed by atoms with Gasteiger partial charge in [-0.2, -0.15) is 4.57 Å². The van der Waals surface area contributed by atoms with Crippen LogP contribution >= 0.6 is 23.4 Å². The van der Waals surface area contributed by atoms with E-state index < -0.39 is 0 Å². The highest BCUT2D eigenvalue weighted by Gasteiger charge is 2.28. The van der Waals surface area contributed by atoms with Crippen LogP contribution in [0, 0.1) is 0 Å². The van der Waals surface area contributed by atoms with Gasteiger partial charge in [0.05, 0.1) is 16.1 Å². The zero-order valence-corrected chi connectivity index (χ0v) is 10.7. The summed E-state index contributed by atoms with van der Waals surface area (Å²) >= 11 is 7.88. The van der Waals surface area contributed by atoms with Crippen LogP contribution in [0.2, 0.25) is 5.02 Å². The number of rotatable bonds is 0. The van der Waals surface area contributed by atoms with E-state index in [0.717, 1.165) is 21.1 Å². The van der Waals surface area contributed by atoms with E-state index in [1.54, 1.807) is 22.5 Å². The normalized spacial score (nSPS) is 12.7. The molecular formula is C13H7ClN2OS. The predicted octanol–water partition coefficient (Wildman–Crippen LogP) is 2.41. The zero-order valence-electron chi connectivity index (χ0n) is 9.13. The molecule has 0 saturated carbocycles. The third kappa shape index (κ3) is 1.19. The van der Waals surface area contributed by atoms with Gasteiger partial charge in [-0.1, -0.05) is 29.4 Å². The highest BCUT2D eigenvalue weighted by molar-refractivity contribution is 7.99. The molecule has 0 saturated heterocycles.